The molecular formula is C64H43N3S. The van der Waals surface area contributed by atoms with E-state index in [9.17, 15) is 0 Å². The van der Waals surface area contributed by atoms with Crippen LogP contribution in [-0.4, -0.2) is 9.13 Å². The fraction of sp³-hybridized carbons (Fsp3) is 0.0625. The number of para-hydroxylation sites is 5. The number of nitrogens with zero attached hydrogens (tertiary/aromatic N) is 3. The number of fused-ring (bicyclic) bond motifs is 18. The molecule has 10 aromatic carbocycles. The second-order valence-corrected chi connectivity index (χ2v) is 20.3. The summed E-state index contributed by atoms with van der Waals surface area (Å²) < 4.78 is 5.07. The van der Waals surface area contributed by atoms with E-state index in [1.54, 1.807) is 0 Å². The molecule has 320 valence electrons. The van der Waals surface area contributed by atoms with Crippen LogP contribution in [-0.2, 0) is 10.8 Å². The summed E-state index contributed by atoms with van der Waals surface area (Å²) >= 11 is 1.93. The second-order valence-electron chi connectivity index (χ2n) is 19.2. The third-order valence-electron chi connectivity index (χ3n) is 15.6. The quantitative estimate of drug-likeness (QED) is 0.175. The van der Waals surface area contributed by atoms with Gasteiger partial charge < -0.3 is 14.0 Å². The predicted molar refractivity (Wildman–Crippen MR) is 283 cm³/mol. The summed E-state index contributed by atoms with van der Waals surface area (Å²) in [5.74, 6) is 0. The van der Waals surface area contributed by atoms with Crippen molar-refractivity contribution in [2.75, 3.05) is 4.90 Å². The van der Waals surface area contributed by atoms with Gasteiger partial charge in [0.2, 0.25) is 0 Å². The molecule has 1 unspecified atom stereocenters. The maximum atomic E-state index is 2.54. The highest BCUT2D eigenvalue weighted by atomic mass is 32.2. The Morgan fingerprint density at radius 1 is 0.382 bits per heavy atom. The molecule has 1 spiro atoms. The van der Waals surface area contributed by atoms with E-state index in [1.807, 2.05) is 11.8 Å². The molecule has 0 saturated carbocycles. The molecule has 0 saturated heterocycles. The van der Waals surface area contributed by atoms with Crippen LogP contribution in [0.1, 0.15) is 47.2 Å². The van der Waals surface area contributed by atoms with Gasteiger partial charge in [0.1, 0.15) is 0 Å². The van der Waals surface area contributed by atoms with Crippen molar-refractivity contribution in [2.45, 2.75) is 34.5 Å². The maximum absolute atomic E-state index is 2.54. The van der Waals surface area contributed by atoms with Crippen LogP contribution in [0.15, 0.2) is 234 Å². The molecule has 0 N–H and O–H groups in total. The largest absolute Gasteiger partial charge is 0.310 e. The zero-order valence-corrected chi connectivity index (χ0v) is 38.4. The molecule has 0 radical (unpaired) electrons. The van der Waals surface area contributed by atoms with Gasteiger partial charge in [0.05, 0.1) is 33.2 Å². The van der Waals surface area contributed by atoms with Crippen molar-refractivity contribution in [1.29, 1.82) is 0 Å². The highest BCUT2D eigenvalue weighted by Gasteiger charge is 2.50. The number of anilines is 3. The molecule has 2 aliphatic heterocycles. The molecule has 12 aromatic rings. The Labute approximate surface area is 399 Å². The zero-order chi connectivity index (χ0) is 44.9. The monoisotopic (exact) mass is 885 g/mol. The van der Waals surface area contributed by atoms with Gasteiger partial charge in [-0.15, -0.1) is 0 Å². The third kappa shape index (κ3) is 4.85. The van der Waals surface area contributed by atoms with E-state index in [2.05, 4.69) is 252 Å². The summed E-state index contributed by atoms with van der Waals surface area (Å²) in [6.07, 6.45) is 0. The first-order valence-corrected chi connectivity index (χ1v) is 24.5. The number of hydrogen-bond donors (Lipinski definition) is 0. The molecule has 0 fully saturated rings. The van der Waals surface area contributed by atoms with Crippen molar-refractivity contribution in [3.8, 4) is 22.5 Å². The lowest BCUT2D eigenvalue weighted by atomic mass is 9.62. The second kappa shape index (κ2) is 13.8. The molecule has 15 rings (SSSR count). The highest BCUT2D eigenvalue weighted by molar-refractivity contribution is 7.99. The molecule has 2 aromatic heterocycles. The van der Waals surface area contributed by atoms with E-state index < -0.39 is 5.41 Å². The van der Waals surface area contributed by atoms with E-state index in [0.29, 0.717) is 0 Å². The normalized spacial score (nSPS) is 15.9. The minimum Gasteiger partial charge on any atom is -0.310 e. The molecule has 3 aliphatic rings. The van der Waals surface area contributed by atoms with E-state index in [4.69, 9.17) is 0 Å². The first-order chi connectivity index (χ1) is 33.5. The minimum absolute atomic E-state index is 0.106. The minimum atomic E-state index is -0.570. The summed E-state index contributed by atoms with van der Waals surface area (Å²) in [6, 6.07) is 84.1. The van der Waals surface area contributed by atoms with Gasteiger partial charge >= 0.3 is 0 Å². The Bertz CT molecular complexity index is 4100. The van der Waals surface area contributed by atoms with Crippen LogP contribution in [0.4, 0.5) is 17.1 Å². The van der Waals surface area contributed by atoms with Gasteiger partial charge in [-0.2, -0.15) is 0 Å². The number of aromatic nitrogens is 2. The van der Waals surface area contributed by atoms with Gasteiger partial charge in [-0.3, -0.25) is 0 Å². The number of hydrogen-bond acceptors (Lipinski definition) is 2. The SMILES string of the molecule is CC1(C)c2ccccc2-c2ccc(N(c3ccccc3)c3ccc(-n4c5ccccc5c5ccc6c(c54)Sc4ccccc4C64c5ccccc5-n5c6ccccc6c6cccc4c65)cc3)cc21. The van der Waals surface area contributed by atoms with E-state index >= 15 is 0 Å². The van der Waals surface area contributed by atoms with Crippen molar-refractivity contribution in [1.82, 2.24) is 9.13 Å². The summed E-state index contributed by atoms with van der Waals surface area (Å²) in [5.41, 5.74) is 20.7. The third-order valence-corrected chi connectivity index (χ3v) is 16.7. The Morgan fingerprint density at radius 3 is 1.78 bits per heavy atom. The maximum Gasteiger partial charge on any atom is 0.0765 e. The van der Waals surface area contributed by atoms with E-state index in [0.717, 1.165) is 22.7 Å². The Balaban J connectivity index is 0.966. The van der Waals surface area contributed by atoms with Gasteiger partial charge in [-0.1, -0.05) is 177 Å². The van der Waals surface area contributed by atoms with E-state index in [1.165, 1.54) is 104 Å². The summed E-state index contributed by atoms with van der Waals surface area (Å²) in [5, 5.41) is 5.08. The first-order valence-electron chi connectivity index (χ1n) is 23.7. The smallest absolute Gasteiger partial charge is 0.0765 e. The molecule has 1 atom stereocenters. The van der Waals surface area contributed by atoms with Gasteiger partial charge in [0.15, 0.2) is 0 Å². The summed E-state index contributed by atoms with van der Waals surface area (Å²) in [6.45, 7) is 4.72. The zero-order valence-electron chi connectivity index (χ0n) is 37.6. The van der Waals surface area contributed by atoms with Crippen molar-refractivity contribution >= 4 is 72.4 Å². The molecule has 68 heavy (non-hydrogen) atoms. The van der Waals surface area contributed by atoms with Crippen LogP contribution < -0.4 is 4.90 Å². The molecular weight excluding hydrogens is 843 g/mol. The molecule has 3 nitrogen and oxygen atoms in total. The Hall–Kier alpha value is -8.05. The lowest BCUT2D eigenvalue weighted by molar-refractivity contribution is 0.660. The molecule has 0 bridgehead atoms. The van der Waals surface area contributed by atoms with Crippen LogP contribution in [0, 0.1) is 0 Å². The first kappa shape index (κ1) is 38.1. The average Bonchev–Trinajstić information content (AvgIpc) is 4.00. The van der Waals surface area contributed by atoms with Gasteiger partial charge in [0.25, 0.3) is 0 Å². The number of benzene rings is 10. The van der Waals surface area contributed by atoms with Gasteiger partial charge in [0, 0.05) is 59.5 Å². The van der Waals surface area contributed by atoms with Gasteiger partial charge in [-0.25, -0.2) is 0 Å². The summed E-state index contributed by atoms with van der Waals surface area (Å²) in [7, 11) is 0. The van der Waals surface area contributed by atoms with Crippen molar-refractivity contribution < 1.29 is 0 Å². The fourth-order valence-electron chi connectivity index (χ4n) is 12.7. The highest BCUT2D eigenvalue weighted by Crippen LogP contribution is 2.62. The lowest BCUT2D eigenvalue weighted by Gasteiger charge is -2.45. The predicted octanol–water partition coefficient (Wildman–Crippen LogP) is 16.8. The molecule has 4 heteroatoms. The van der Waals surface area contributed by atoms with Crippen LogP contribution in [0.25, 0.3) is 66.1 Å². The Kier molecular flexibility index (Phi) is 7.71. The number of rotatable bonds is 4. The van der Waals surface area contributed by atoms with Crippen molar-refractivity contribution in [3.63, 3.8) is 0 Å². The fourth-order valence-corrected chi connectivity index (χ4v) is 14.0. The van der Waals surface area contributed by atoms with Crippen molar-refractivity contribution in [3.05, 3.63) is 258 Å². The van der Waals surface area contributed by atoms with E-state index in [-0.39, 0.29) is 5.41 Å². The standard InChI is InChI=1S/C64H43N3S/c1-63(2)50-23-9-6-19-44(50)45-36-35-43(39-55(45)63)65(40-17-4-3-5-18-40)41-31-33-42(34-32-41)66-56-27-12-7-21-47(56)49-37-38-54-62(61(49)66)68-59-30-15-11-25-52(59)64(54)51-24-10-14-29-58(51)67-57-28-13-8-20-46(57)48-22-16-26-53(64)60(48)67/h3-39H,1-2H3. The lowest BCUT2D eigenvalue weighted by Crippen LogP contribution is -2.37. The molecule has 0 amide bonds. The molecule has 1 aliphatic carbocycles. The van der Waals surface area contributed by atoms with Crippen LogP contribution in [0.5, 0.6) is 0 Å². The summed E-state index contributed by atoms with van der Waals surface area (Å²) in [4.78, 5) is 4.99. The average molecular weight is 886 g/mol. The van der Waals surface area contributed by atoms with Crippen molar-refractivity contribution in [2.24, 2.45) is 0 Å². The Morgan fingerprint density at radius 2 is 0.971 bits per heavy atom. The molecule has 4 heterocycles. The van der Waals surface area contributed by atoms with Crippen LogP contribution >= 0.6 is 11.8 Å². The topological polar surface area (TPSA) is 13.1 Å². The van der Waals surface area contributed by atoms with Crippen LogP contribution in [0.3, 0.4) is 0 Å². The van der Waals surface area contributed by atoms with Crippen LogP contribution in [0.2, 0.25) is 0 Å². The van der Waals surface area contributed by atoms with Gasteiger partial charge in [-0.05, 0) is 117 Å².